The number of aromatic nitrogens is 2. The summed E-state index contributed by atoms with van der Waals surface area (Å²) in [4.78, 5) is 16.1. The maximum absolute atomic E-state index is 16.6. The van der Waals surface area contributed by atoms with E-state index in [2.05, 4.69) is 10.1 Å². The van der Waals surface area contributed by atoms with Crippen LogP contribution in [-0.4, -0.2) is 33.5 Å². The van der Waals surface area contributed by atoms with E-state index in [-0.39, 0.29) is 40.9 Å². The van der Waals surface area contributed by atoms with Crippen LogP contribution in [0.3, 0.4) is 0 Å². The van der Waals surface area contributed by atoms with Gasteiger partial charge < -0.3 is 14.4 Å². The van der Waals surface area contributed by atoms with E-state index < -0.39 is 17.5 Å². The molecule has 1 N–H and O–H groups in total. The fourth-order valence-electron chi connectivity index (χ4n) is 7.91. The lowest BCUT2D eigenvalue weighted by atomic mass is 9.38. The number of aromatic carboxylic acids is 1. The first-order valence-corrected chi connectivity index (χ1v) is 15.8. The van der Waals surface area contributed by atoms with Crippen LogP contribution in [0.15, 0.2) is 34.9 Å². The van der Waals surface area contributed by atoms with Gasteiger partial charge in [-0.15, -0.1) is 11.3 Å². The Morgan fingerprint density at radius 2 is 1.90 bits per heavy atom. The number of benzene rings is 2. The number of ether oxygens (including phenoxy) is 1. The number of carboxylic acid groups (broad SMARTS) is 1. The lowest BCUT2D eigenvalue weighted by molar-refractivity contribution is -0.126. The summed E-state index contributed by atoms with van der Waals surface area (Å²) < 4.78 is 43.8. The molecule has 4 fully saturated rings. The summed E-state index contributed by atoms with van der Waals surface area (Å²) in [6, 6.07) is 7.72. The Balaban J connectivity index is 1.03. The SMILES string of the molecule is O=C(O)c1cc(F)c2nc(C34CC5CCC(F)(COc6c(-c7c(Cl)cccc7Cl)noc6C6CC6)CC(C3)C54)sc2c1. The summed E-state index contributed by atoms with van der Waals surface area (Å²) in [7, 11) is 0. The summed E-state index contributed by atoms with van der Waals surface area (Å²) in [5.74, 6) is 0.296. The van der Waals surface area contributed by atoms with Crippen LogP contribution in [0.5, 0.6) is 5.75 Å². The monoisotopic (exact) mass is 630 g/mol. The van der Waals surface area contributed by atoms with Gasteiger partial charge in [-0.2, -0.15) is 0 Å². The minimum Gasteiger partial charge on any atom is -0.484 e. The first kappa shape index (κ1) is 26.8. The van der Waals surface area contributed by atoms with E-state index in [4.69, 9.17) is 32.5 Å². The van der Waals surface area contributed by atoms with Crippen LogP contribution in [0, 0.1) is 23.6 Å². The van der Waals surface area contributed by atoms with E-state index in [0.29, 0.717) is 56.3 Å². The molecule has 4 aromatic rings. The van der Waals surface area contributed by atoms with Gasteiger partial charge in [-0.05, 0) is 87.0 Å². The molecule has 42 heavy (non-hydrogen) atoms. The van der Waals surface area contributed by atoms with Crippen molar-refractivity contribution in [3.05, 3.63) is 62.5 Å². The van der Waals surface area contributed by atoms with Gasteiger partial charge in [0.1, 0.15) is 22.8 Å². The van der Waals surface area contributed by atoms with Gasteiger partial charge in [-0.25, -0.2) is 18.6 Å². The van der Waals surface area contributed by atoms with Crippen molar-refractivity contribution in [1.29, 1.82) is 0 Å². The summed E-state index contributed by atoms with van der Waals surface area (Å²) in [5, 5.41) is 15.3. The molecular weight excluding hydrogens is 605 g/mol. The molecular formula is C31H26Cl2F2N2O4S. The second-order valence-electron chi connectivity index (χ2n) is 12.5. The highest BCUT2D eigenvalue weighted by molar-refractivity contribution is 7.18. The lowest BCUT2D eigenvalue weighted by Gasteiger charge is -2.66. The zero-order valence-corrected chi connectivity index (χ0v) is 24.7. The van der Waals surface area contributed by atoms with Crippen LogP contribution in [0.25, 0.3) is 21.5 Å². The van der Waals surface area contributed by atoms with E-state index in [0.717, 1.165) is 43.2 Å². The molecule has 5 unspecified atom stereocenters. The normalized spacial score (nSPS) is 29.9. The molecule has 0 spiro atoms. The van der Waals surface area contributed by atoms with Crippen molar-refractivity contribution >= 4 is 50.7 Å². The average molecular weight is 632 g/mol. The fourth-order valence-corrected chi connectivity index (χ4v) is 9.76. The Kier molecular flexibility index (Phi) is 5.99. The molecule has 2 aromatic heterocycles. The number of fused-ring (bicyclic) bond motifs is 1. The Labute approximate surface area is 254 Å². The highest BCUT2D eigenvalue weighted by Gasteiger charge is 2.69. The topological polar surface area (TPSA) is 85.5 Å². The van der Waals surface area contributed by atoms with Crippen molar-refractivity contribution < 1.29 is 27.9 Å². The van der Waals surface area contributed by atoms with Crippen molar-refractivity contribution in [3.8, 4) is 17.0 Å². The molecule has 0 saturated heterocycles. The molecule has 0 aliphatic heterocycles. The zero-order valence-electron chi connectivity index (χ0n) is 22.3. The number of hydrogen-bond acceptors (Lipinski definition) is 6. The van der Waals surface area contributed by atoms with Crippen LogP contribution in [0.1, 0.15) is 72.0 Å². The van der Waals surface area contributed by atoms with Crippen LogP contribution in [-0.2, 0) is 5.41 Å². The Bertz CT molecular complexity index is 1750. The second kappa shape index (κ2) is 9.37. The third-order valence-corrected chi connectivity index (χ3v) is 11.8. The Hall–Kier alpha value is -2.75. The van der Waals surface area contributed by atoms with E-state index >= 15 is 4.39 Å². The van der Waals surface area contributed by atoms with E-state index in [1.165, 1.54) is 17.4 Å². The first-order chi connectivity index (χ1) is 20.2. The molecule has 4 aliphatic rings. The Morgan fingerprint density at radius 3 is 2.64 bits per heavy atom. The van der Waals surface area contributed by atoms with Gasteiger partial charge in [0.2, 0.25) is 0 Å². The lowest BCUT2D eigenvalue weighted by Crippen LogP contribution is -2.63. The van der Waals surface area contributed by atoms with Crippen molar-refractivity contribution in [2.45, 2.75) is 61.9 Å². The number of carbonyl (C=O) groups is 1. The predicted octanol–water partition coefficient (Wildman–Crippen LogP) is 8.84. The molecule has 0 bridgehead atoms. The van der Waals surface area contributed by atoms with Gasteiger partial charge in [0, 0.05) is 16.9 Å². The van der Waals surface area contributed by atoms with Gasteiger partial charge in [-0.3, -0.25) is 0 Å². The van der Waals surface area contributed by atoms with E-state index in [1.807, 2.05) is 0 Å². The number of halogens is 4. The largest absolute Gasteiger partial charge is 0.484 e. The predicted molar refractivity (Wildman–Crippen MR) is 155 cm³/mol. The van der Waals surface area contributed by atoms with Gasteiger partial charge in [0.25, 0.3) is 0 Å². The first-order valence-electron chi connectivity index (χ1n) is 14.3. The van der Waals surface area contributed by atoms with Crippen molar-refractivity contribution in [3.63, 3.8) is 0 Å². The standard InChI is InChI=1S/C31H26Cl2F2N2O4S/c32-18-2-1-3-19(33)22(18)25-27(26(41-37-25)14-4-5-14)40-13-30(35)7-6-15-11-31(12-17(10-30)23(15)31)29-36-24-20(34)8-16(28(38)39)9-21(24)42-29/h1-3,8-9,14-15,17,23H,4-7,10-13H2,(H,38,39). The number of carboxylic acids is 1. The van der Waals surface area contributed by atoms with E-state index in [1.54, 1.807) is 18.2 Å². The quantitative estimate of drug-likeness (QED) is 0.219. The summed E-state index contributed by atoms with van der Waals surface area (Å²) in [6.45, 7) is -0.115. The van der Waals surface area contributed by atoms with E-state index in [9.17, 15) is 14.3 Å². The Morgan fingerprint density at radius 1 is 1.14 bits per heavy atom. The van der Waals surface area contributed by atoms with Crippen LogP contribution < -0.4 is 4.74 Å². The van der Waals surface area contributed by atoms with Crippen LogP contribution >= 0.6 is 34.5 Å². The summed E-state index contributed by atoms with van der Waals surface area (Å²) >= 11 is 14.3. The highest BCUT2D eigenvalue weighted by atomic mass is 35.5. The molecule has 2 heterocycles. The van der Waals surface area contributed by atoms with Crippen molar-refractivity contribution in [1.82, 2.24) is 10.1 Å². The van der Waals surface area contributed by atoms with Gasteiger partial charge >= 0.3 is 5.97 Å². The minimum absolute atomic E-state index is 0.0834. The fraction of sp³-hybridized carbons (Fsp3) is 0.452. The molecule has 11 heteroatoms. The maximum Gasteiger partial charge on any atom is 0.335 e. The van der Waals surface area contributed by atoms with Crippen LogP contribution in [0.2, 0.25) is 10.0 Å². The molecule has 0 amide bonds. The molecule has 5 atom stereocenters. The smallest absolute Gasteiger partial charge is 0.335 e. The molecule has 6 nitrogen and oxygen atoms in total. The minimum atomic E-state index is -1.52. The molecule has 4 saturated carbocycles. The number of alkyl halides is 1. The average Bonchev–Trinajstić information content (AvgIpc) is 3.54. The van der Waals surface area contributed by atoms with Gasteiger partial charge in [-0.1, -0.05) is 34.4 Å². The van der Waals surface area contributed by atoms with Crippen molar-refractivity contribution in [2.75, 3.05) is 6.61 Å². The highest BCUT2D eigenvalue weighted by Crippen LogP contribution is 2.72. The molecule has 0 radical (unpaired) electrons. The number of hydrogen-bond donors (Lipinski definition) is 1. The number of rotatable bonds is 7. The van der Waals surface area contributed by atoms with Gasteiger partial charge in [0.15, 0.2) is 23.0 Å². The molecule has 218 valence electrons. The number of nitrogens with zero attached hydrogens (tertiary/aromatic N) is 2. The maximum atomic E-state index is 16.6. The number of thiazole rings is 1. The summed E-state index contributed by atoms with van der Waals surface area (Å²) in [5.41, 5.74) is -0.643. The molecule has 4 aliphatic carbocycles. The summed E-state index contributed by atoms with van der Waals surface area (Å²) in [6.07, 6.45) is 5.12. The molecule has 8 rings (SSSR count). The second-order valence-corrected chi connectivity index (χ2v) is 14.4. The van der Waals surface area contributed by atoms with Crippen molar-refractivity contribution in [2.24, 2.45) is 17.8 Å². The van der Waals surface area contributed by atoms with Crippen LogP contribution in [0.4, 0.5) is 8.78 Å². The molecule has 2 aromatic carbocycles. The van der Waals surface area contributed by atoms with Gasteiger partial charge in [0.05, 0.1) is 20.3 Å². The third-order valence-electron chi connectivity index (χ3n) is 9.92. The zero-order chi connectivity index (χ0) is 29.0. The third kappa shape index (κ3) is 4.03.